The molecule has 0 aliphatic heterocycles. The fourth-order valence-corrected chi connectivity index (χ4v) is 1.91. The summed E-state index contributed by atoms with van der Waals surface area (Å²) < 4.78 is 0. The van der Waals surface area contributed by atoms with Crippen molar-refractivity contribution in [1.29, 1.82) is 0 Å². The van der Waals surface area contributed by atoms with Gasteiger partial charge in [-0.15, -0.1) is 0 Å². The highest BCUT2D eigenvalue weighted by Gasteiger charge is 2.10. The third kappa shape index (κ3) is 3.33. The maximum absolute atomic E-state index is 12.0. The number of halogens is 1. The summed E-state index contributed by atoms with van der Waals surface area (Å²) in [4.78, 5) is 27.0. The number of nitrogens with zero attached hydrogens (tertiary/aromatic N) is 1. The van der Waals surface area contributed by atoms with E-state index in [1.54, 1.807) is 19.1 Å². The normalized spacial score (nSPS) is 10.1. The van der Waals surface area contributed by atoms with Crippen LogP contribution >= 0.6 is 11.6 Å². The Bertz CT molecular complexity index is 686. The standard InChI is InChI=1S/C14H11ClN2O3/c1-8-4-9(2-3-16-8)13(18)17-12-6-10(14(19)20)5-11(15)7-12/h2-7H,1H3,(H,17,18)(H,19,20). The molecular weight excluding hydrogens is 280 g/mol. The average Bonchev–Trinajstić information content (AvgIpc) is 2.37. The molecular formula is C14H11ClN2O3. The molecule has 1 amide bonds. The van der Waals surface area contributed by atoms with Crippen LogP contribution in [0, 0.1) is 6.92 Å². The molecule has 1 aromatic heterocycles. The summed E-state index contributed by atoms with van der Waals surface area (Å²) in [7, 11) is 0. The van der Waals surface area contributed by atoms with Crippen LogP contribution < -0.4 is 5.32 Å². The van der Waals surface area contributed by atoms with Crippen molar-refractivity contribution in [2.75, 3.05) is 5.32 Å². The fraction of sp³-hybridized carbons (Fsp3) is 0.0714. The molecule has 0 atom stereocenters. The Hall–Kier alpha value is -2.40. The van der Waals surface area contributed by atoms with Crippen molar-refractivity contribution < 1.29 is 14.7 Å². The quantitative estimate of drug-likeness (QED) is 0.911. The van der Waals surface area contributed by atoms with Gasteiger partial charge in [-0.2, -0.15) is 0 Å². The van der Waals surface area contributed by atoms with E-state index in [9.17, 15) is 9.59 Å². The smallest absolute Gasteiger partial charge is 0.335 e. The lowest BCUT2D eigenvalue weighted by Crippen LogP contribution is -2.13. The monoisotopic (exact) mass is 290 g/mol. The third-order valence-corrected chi connectivity index (χ3v) is 2.78. The van der Waals surface area contributed by atoms with Crippen molar-refractivity contribution >= 4 is 29.2 Å². The molecule has 2 rings (SSSR count). The van der Waals surface area contributed by atoms with Crippen molar-refractivity contribution in [1.82, 2.24) is 4.98 Å². The topological polar surface area (TPSA) is 79.3 Å². The van der Waals surface area contributed by atoms with Crippen molar-refractivity contribution in [3.05, 3.63) is 58.4 Å². The third-order valence-electron chi connectivity index (χ3n) is 2.56. The summed E-state index contributed by atoms with van der Waals surface area (Å²) >= 11 is 5.82. The van der Waals surface area contributed by atoms with Gasteiger partial charge in [0.1, 0.15) is 0 Å². The number of amides is 1. The fourth-order valence-electron chi connectivity index (χ4n) is 1.68. The number of pyridine rings is 1. The first-order valence-electron chi connectivity index (χ1n) is 5.73. The molecule has 1 heterocycles. The van der Waals surface area contributed by atoms with Crippen molar-refractivity contribution in [2.24, 2.45) is 0 Å². The van der Waals surface area contributed by atoms with Crippen molar-refractivity contribution in [3.8, 4) is 0 Å². The molecule has 0 saturated heterocycles. The summed E-state index contributed by atoms with van der Waals surface area (Å²) in [5.74, 6) is -1.46. The molecule has 0 saturated carbocycles. The van der Waals surface area contributed by atoms with Gasteiger partial charge in [-0.3, -0.25) is 9.78 Å². The Morgan fingerprint density at radius 1 is 1.20 bits per heavy atom. The Morgan fingerprint density at radius 2 is 1.95 bits per heavy atom. The second kappa shape index (κ2) is 5.71. The van der Waals surface area contributed by atoms with Gasteiger partial charge in [0.2, 0.25) is 0 Å². The van der Waals surface area contributed by atoms with E-state index >= 15 is 0 Å². The zero-order chi connectivity index (χ0) is 14.7. The molecule has 0 aliphatic rings. The van der Waals surface area contributed by atoms with E-state index in [4.69, 9.17) is 16.7 Å². The van der Waals surface area contributed by atoms with E-state index in [0.717, 1.165) is 5.69 Å². The maximum atomic E-state index is 12.0. The van der Waals surface area contributed by atoms with E-state index in [1.165, 1.54) is 24.4 Å². The Labute approximate surface area is 120 Å². The first-order chi connectivity index (χ1) is 9.45. The molecule has 102 valence electrons. The van der Waals surface area contributed by atoms with Gasteiger partial charge in [-0.05, 0) is 37.3 Å². The number of carbonyl (C=O) groups excluding carboxylic acids is 1. The van der Waals surface area contributed by atoms with Gasteiger partial charge in [-0.25, -0.2) is 4.79 Å². The van der Waals surface area contributed by atoms with Crippen LogP contribution in [0.1, 0.15) is 26.4 Å². The molecule has 0 unspecified atom stereocenters. The summed E-state index contributed by atoms with van der Waals surface area (Å²) in [6.07, 6.45) is 1.53. The Morgan fingerprint density at radius 3 is 2.60 bits per heavy atom. The second-order valence-corrected chi connectivity index (χ2v) is 4.61. The highest BCUT2D eigenvalue weighted by molar-refractivity contribution is 6.31. The van der Waals surface area contributed by atoms with Gasteiger partial charge in [0.25, 0.3) is 5.91 Å². The number of hydrogen-bond donors (Lipinski definition) is 2. The van der Waals surface area contributed by atoms with E-state index in [2.05, 4.69) is 10.3 Å². The number of carbonyl (C=O) groups is 2. The van der Waals surface area contributed by atoms with E-state index in [1.807, 2.05) is 0 Å². The minimum Gasteiger partial charge on any atom is -0.478 e. The molecule has 2 N–H and O–H groups in total. The lowest BCUT2D eigenvalue weighted by Gasteiger charge is -2.07. The van der Waals surface area contributed by atoms with Crippen LogP contribution in [0.3, 0.4) is 0 Å². The van der Waals surface area contributed by atoms with Gasteiger partial charge in [0.05, 0.1) is 5.56 Å². The first kappa shape index (κ1) is 14.0. The molecule has 5 nitrogen and oxygen atoms in total. The molecule has 0 bridgehead atoms. The zero-order valence-electron chi connectivity index (χ0n) is 10.6. The van der Waals surface area contributed by atoms with Crippen LogP contribution in [0.2, 0.25) is 5.02 Å². The highest BCUT2D eigenvalue weighted by atomic mass is 35.5. The number of benzene rings is 1. The number of aromatic carboxylic acids is 1. The van der Waals surface area contributed by atoms with Crippen LogP contribution in [0.4, 0.5) is 5.69 Å². The summed E-state index contributed by atoms with van der Waals surface area (Å²) in [5, 5.41) is 11.8. The number of anilines is 1. The SMILES string of the molecule is Cc1cc(C(=O)Nc2cc(Cl)cc(C(=O)O)c2)ccn1. The van der Waals surface area contributed by atoms with Crippen LogP contribution in [-0.2, 0) is 0 Å². The van der Waals surface area contributed by atoms with E-state index in [-0.39, 0.29) is 16.5 Å². The number of rotatable bonds is 3. The van der Waals surface area contributed by atoms with E-state index in [0.29, 0.717) is 11.3 Å². The average molecular weight is 291 g/mol. The maximum Gasteiger partial charge on any atom is 0.335 e. The van der Waals surface area contributed by atoms with Crippen LogP contribution in [0.5, 0.6) is 0 Å². The second-order valence-electron chi connectivity index (χ2n) is 4.17. The number of carboxylic acid groups (broad SMARTS) is 1. The molecule has 0 fully saturated rings. The Balaban J connectivity index is 2.26. The molecule has 0 spiro atoms. The van der Waals surface area contributed by atoms with Crippen LogP contribution in [-0.4, -0.2) is 22.0 Å². The number of aromatic nitrogens is 1. The molecule has 20 heavy (non-hydrogen) atoms. The number of hydrogen-bond acceptors (Lipinski definition) is 3. The van der Waals surface area contributed by atoms with Crippen LogP contribution in [0.15, 0.2) is 36.5 Å². The minimum atomic E-state index is -1.11. The highest BCUT2D eigenvalue weighted by Crippen LogP contribution is 2.20. The summed E-state index contributed by atoms with van der Waals surface area (Å²) in [6.45, 7) is 1.78. The molecule has 2 aromatic rings. The number of nitrogens with one attached hydrogen (secondary N) is 1. The Kier molecular flexibility index (Phi) is 4.00. The summed E-state index contributed by atoms with van der Waals surface area (Å²) in [5.41, 5.74) is 1.50. The van der Waals surface area contributed by atoms with Crippen molar-refractivity contribution in [2.45, 2.75) is 6.92 Å². The largest absolute Gasteiger partial charge is 0.478 e. The molecule has 0 aliphatic carbocycles. The lowest BCUT2D eigenvalue weighted by atomic mass is 10.2. The van der Waals surface area contributed by atoms with E-state index < -0.39 is 5.97 Å². The van der Waals surface area contributed by atoms with Gasteiger partial charge in [0.15, 0.2) is 0 Å². The van der Waals surface area contributed by atoms with Gasteiger partial charge >= 0.3 is 5.97 Å². The molecule has 1 aromatic carbocycles. The minimum absolute atomic E-state index is 0.0127. The van der Waals surface area contributed by atoms with Crippen LogP contribution in [0.25, 0.3) is 0 Å². The summed E-state index contributed by atoms with van der Waals surface area (Å²) in [6, 6.07) is 7.36. The predicted octanol–water partition coefficient (Wildman–Crippen LogP) is 2.99. The van der Waals surface area contributed by atoms with Gasteiger partial charge in [-0.1, -0.05) is 11.6 Å². The zero-order valence-corrected chi connectivity index (χ0v) is 11.3. The van der Waals surface area contributed by atoms with Gasteiger partial charge < -0.3 is 10.4 Å². The lowest BCUT2D eigenvalue weighted by molar-refractivity contribution is 0.0696. The first-order valence-corrected chi connectivity index (χ1v) is 6.11. The van der Waals surface area contributed by atoms with Gasteiger partial charge in [0, 0.05) is 28.2 Å². The number of aryl methyl sites for hydroxylation is 1. The predicted molar refractivity (Wildman–Crippen MR) is 75.3 cm³/mol. The molecule has 0 radical (unpaired) electrons. The molecule has 6 heteroatoms. The number of carboxylic acids is 1. The van der Waals surface area contributed by atoms with Crippen molar-refractivity contribution in [3.63, 3.8) is 0 Å².